The second-order valence-electron chi connectivity index (χ2n) is 4.57. The number of fused-ring (bicyclic) bond motifs is 2. The normalized spacial score (nSPS) is 19.3. The molecular weight excluding hydrogens is 250 g/mol. The topological polar surface area (TPSA) is 55.4 Å². The third kappa shape index (κ3) is 1.51. The SMILES string of the molecule is CSCC(=O)c1cccc2c1C(=O)OC21CNC1. The van der Waals surface area contributed by atoms with Crippen LogP contribution in [0.4, 0.5) is 0 Å². The van der Waals surface area contributed by atoms with Crippen LogP contribution in [0.1, 0.15) is 26.3 Å². The van der Waals surface area contributed by atoms with E-state index in [2.05, 4.69) is 5.32 Å². The second-order valence-corrected chi connectivity index (χ2v) is 5.44. The fraction of sp³-hybridized carbons (Fsp3) is 0.385. The van der Waals surface area contributed by atoms with Crippen LogP contribution in [-0.4, -0.2) is 36.9 Å². The maximum Gasteiger partial charge on any atom is 0.340 e. The Balaban J connectivity index is 2.09. The summed E-state index contributed by atoms with van der Waals surface area (Å²) in [5, 5.41) is 3.11. The van der Waals surface area contributed by atoms with E-state index >= 15 is 0 Å². The molecule has 1 saturated heterocycles. The van der Waals surface area contributed by atoms with E-state index in [-0.39, 0.29) is 11.8 Å². The van der Waals surface area contributed by atoms with Crippen LogP contribution in [-0.2, 0) is 10.3 Å². The average Bonchev–Trinajstić information content (AvgIpc) is 2.63. The van der Waals surface area contributed by atoms with Gasteiger partial charge in [0.1, 0.15) is 0 Å². The Hall–Kier alpha value is -1.33. The Kier molecular flexibility index (Phi) is 2.68. The molecule has 0 unspecified atom stereocenters. The molecule has 1 aromatic rings. The zero-order valence-electron chi connectivity index (χ0n) is 9.99. The van der Waals surface area contributed by atoms with Crippen LogP contribution >= 0.6 is 11.8 Å². The molecule has 2 aliphatic rings. The zero-order chi connectivity index (χ0) is 12.8. The minimum absolute atomic E-state index is 0.0133. The molecule has 1 spiro atoms. The number of ketones is 1. The van der Waals surface area contributed by atoms with Gasteiger partial charge in [-0.1, -0.05) is 18.2 Å². The highest BCUT2D eigenvalue weighted by Gasteiger charge is 2.51. The molecule has 18 heavy (non-hydrogen) atoms. The first-order chi connectivity index (χ1) is 8.68. The molecule has 94 valence electrons. The number of hydrogen-bond acceptors (Lipinski definition) is 5. The Bertz CT molecular complexity index is 537. The van der Waals surface area contributed by atoms with Crippen LogP contribution in [0.2, 0.25) is 0 Å². The monoisotopic (exact) mass is 263 g/mol. The van der Waals surface area contributed by atoms with Crippen LogP contribution < -0.4 is 5.32 Å². The van der Waals surface area contributed by atoms with Crippen LogP contribution in [0.3, 0.4) is 0 Å². The lowest BCUT2D eigenvalue weighted by atomic mass is 9.85. The highest BCUT2D eigenvalue weighted by atomic mass is 32.2. The van der Waals surface area contributed by atoms with Crippen molar-refractivity contribution in [1.82, 2.24) is 5.32 Å². The van der Waals surface area contributed by atoms with Gasteiger partial charge < -0.3 is 10.1 Å². The number of rotatable bonds is 3. The lowest BCUT2D eigenvalue weighted by Gasteiger charge is -2.37. The summed E-state index contributed by atoms with van der Waals surface area (Å²) in [6.07, 6.45) is 1.87. The summed E-state index contributed by atoms with van der Waals surface area (Å²) in [7, 11) is 0. The van der Waals surface area contributed by atoms with Crippen LogP contribution in [0.25, 0.3) is 0 Å². The minimum Gasteiger partial charge on any atom is -0.448 e. The van der Waals surface area contributed by atoms with E-state index in [4.69, 9.17) is 4.74 Å². The van der Waals surface area contributed by atoms with E-state index in [1.807, 2.05) is 18.4 Å². The third-order valence-corrected chi connectivity index (χ3v) is 4.00. The summed E-state index contributed by atoms with van der Waals surface area (Å²) in [6, 6.07) is 5.43. The van der Waals surface area contributed by atoms with Crippen LogP contribution in [0.5, 0.6) is 0 Å². The predicted molar refractivity (Wildman–Crippen MR) is 69.1 cm³/mol. The molecule has 0 aromatic heterocycles. The molecule has 2 aliphatic heterocycles. The van der Waals surface area contributed by atoms with Crippen molar-refractivity contribution in [2.45, 2.75) is 5.60 Å². The van der Waals surface area contributed by atoms with E-state index in [1.54, 1.807) is 6.07 Å². The Morgan fingerprint density at radius 1 is 1.50 bits per heavy atom. The van der Waals surface area contributed by atoms with Crippen molar-refractivity contribution in [3.05, 3.63) is 34.9 Å². The number of thioether (sulfide) groups is 1. The van der Waals surface area contributed by atoms with Gasteiger partial charge in [0.25, 0.3) is 0 Å². The molecule has 2 heterocycles. The summed E-state index contributed by atoms with van der Waals surface area (Å²) in [5.74, 6) is 0.00631. The number of hydrogen-bond donors (Lipinski definition) is 1. The number of esters is 1. The van der Waals surface area contributed by atoms with Gasteiger partial charge in [-0.2, -0.15) is 11.8 Å². The molecule has 3 rings (SSSR count). The highest BCUT2D eigenvalue weighted by Crippen LogP contribution is 2.40. The lowest BCUT2D eigenvalue weighted by Crippen LogP contribution is -2.56. The van der Waals surface area contributed by atoms with Gasteiger partial charge in [0.2, 0.25) is 0 Å². The van der Waals surface area contributed by atoms with Gasteiger partial charge >= 0.3 is 5.97 Å². The van der Waals surface area contributed by atoms with E-state index in [9.17, 15) is 9.59 Å². The first-order valence-electron chi connectivity index (χ1n) is 5.78. The van der Waals surface area contributed by atoms with Gasteiger partial charge in [-0.15, -0.1) is 0 Å². The van der Waals surface area contributed by atoms with Gasteiger partial charge in [-0.05, 0) is 6.26 Å². The molecule has 0 atom stereocenters. The lowest BCUT2D eigenvalue weighted by molar-refractivity contribution is -0.0369. The molecular formula is C13H13NO3S. The maximum atomic E-state index is 12.0. The summed E-state index contributed by atoms with van der Waals surface area (Å²) >= 11 is 1.46. The van der Waals surface area contributed by atoms with Crippen molar-refractivity contribution in [2.75, 3.05) is 25.1 Å². The number of nitrogens with one attached hydrogen (secondary N) is 1. The molecule has 4 nitrogen and oxygen atoms in total. The van der Waals surface area contributed by atoms with E-state index < -0.39 is 5.60 Å². The predicted octanol–water partition coefficient (Wildman–Crippen LogP) is 1.20. The summed E-state index contributed by atoms with van der Waals surface area (Å²) in [5.41, 5.74) is 1.30. The number of Topliss-reactive ketones (excluding diaryl/α,β-unsaturated/α-hetero) is 1. The Morgan fingerprint density at radius 3 is 2.89 bits per heavy atom. The molecule has 1 aromatic carbocycles. The molecule has 0 aliphatic carbocycles. The highest BCUT2D eigenvalue weighted by molar-refractivity contribution is 7.99. The molecule has 1 N–H and O–H groups in total. The van der Waals surface area contributed by atoms with Crippen molar-refractivity contribution in [2.24, 2.45) is 0 Å². The van der Waals surface area contributed by atoms with Gasteiger partial charge in [0.05, 0.1) is 11.3 Å². The third-order valence-electron chi connectivity index (χ3n) is 3.44. The fourth-order valence-electron chi connectivity index (χ4n) is 2.49. The van der Waals surface area contributed by atoms with Gasteiger partial charge in [0, 0.05) is 24.2 Å². The number of ether oxygens (including phenoxy) is 1. The van der Waals surface area contributed by atoms with Crippen molar-refractivity contribution in [3.63, 3.8) is 0 Å². The van der Waals surface area contributed by atoms with E-state index in [1.165, 1.54) is 11.8 Å². The maximum absolute atomic E-state index is 12.0. The molecule has 5 heteroatoms. The molecule has 1 fully saturated rings. The average molecular weight is 263 g/mol. The Labute approximate surface area is 109 Å². The largest absolute Gasteiger partial charge is 0.448 e. The zero-order valence-corrected chi connectivity index (χ0v) is 10.8. The first kappa shape index (κ1) is 11.7. The first-order valence-corrected chi connectivity index (χ1v) is 7.17. The van der Waals surface area contributed by atoms with Crippen molar-refractivity contribution in [3.8, 4) is 0 Å². The quantitative estimate of drug-likeness (QED) is 0.656. The smallest absolute Gasteiger partial charge is 0.340 e. The number of carbonyl (C=O) groups is 2. The number of carbonyl (C=O) groups excluding carboxylic acids is 2. The van der Waals surface area contributed by atoms with Gasteiger partial charge in [-0.3, -0.25) is 4.79 Å². The molecule has 0 saturated carbocycles. The molecule has 0 radical (unpaired) electrons. The summed E-state index contributed by atoms with van der Waals surface area (Å²) in [4.78, 5) is 24.0. The van der Waals surface area contributed by atoms with Crippen LogP contribution in [0, 0.1) is 0 Å². The number of benzene rings is 1. The standard InChI is InChI=1S/C13H13NO3S/c1-18-5-10(15)8-3-2-4-9-11(8)12(16)17-13(9)6-14-7-13/h2-4,14H,5-7H2,1H3. The van der Waals surface area contributed by atoms with Crippen molar-refractivity contribution in [1.29, 1.82) is 0 Å². The summed E-state index contributed by atoms with van der Waals surface area (Å²) < 4.78 is 5.46. The van der Waals surface area contributed by atoms with Crippen molar-refractivity contribution >= 4 is 23.5 Å². The van der Waals surface area contributed by atoms with Crippen molar-refractivity contribution < 1.29 is 14.3 Å². The Morgan fingerprint density at radius 2 is 2.28 bits per heavy atom. The fourth-order valence-corrected chi connectivity index (χ4v) is 2.91. The van der Waals surface area contributed by atoms with E-state index in [0.717, 1.165) is 5.56 Å². The molecule has 0 bridgehead atoms. The summed E-state index contributed by atoms with van der Waals surface area (Å²) in [6.45, 7) is 1.26. The van der Waals surface area contributed by atoms with Gasteiger partial charge in [0.15, 0.2) is 11.4 Å². The van der Waals surface area contributed by atoms with E-state index in [0.29, 0.717) is 30.0 Å². The van der Waals surface area contributed by atoms with Gasteiger partial charge in [-0.25, -0.2) is 4.79 Å². The molecule has 0 amide bonds. The van der Waals surface area contributed by atoms with Crippen LogP contribution in [0.15, 0.2) is 18.2 Å². The second kappa shape index (κ2) is 4.10. The minimum atomic E-state index is -0.526.